The van der Waals surface area contributed by atoms with Crippen molar-refractivity contribution in [3.05, 3.63) is 0 Å². The molecule has 0 spiro atoms. The van der Waals surface area contributed by atoms with Crippen molar-refractivity contribution in [2.24, 2.45) is 0 Å². The van der Waals surface area contributed by atoms with Gasteiger partial charge in [-0.1, -0.05) is 0 Å². The van der Waals surface area contributed by atoms with E-state index < -0.39 is 6.23 Å². The molecular formula is C7H15N2O. The Kier molecular flexibility index (Phi) is 2.65. The maximum Gasteiger partial charge on any atom is 0.143 e. The minimum atomic E-state index is -0.520. The lowest BCUT2D eigenvalue weighted by Gasteiger charge is -2.33. The molecule has 0 aromatic rings. The normalized spacial score (nSPS) is 26.7. The lowest BCUT2D eigenvalue weighted by atomic mass is 10.3. The Morgan fingerprint density at radius 1 is 1.20 bits per heavy atom. The van der Waals surface area contributed by atoms with Crippen LogP contribution in [0.2, 0.25) is 0 Å². The van der Waals surface area contributed by atoms with Gasteiger partial charge in [0.25, 0.3) is 0 Å². The zero-order valence-corrected chi connectivity index (χ0v) is 6.71. The third kappa shape index (κ3) is 1.94. The summed E-state index contributed by atoms with van der Waals surface area (Å²) in [6.45, 7) is 5.65. The molecule has 1 atom stereocenters. The molecule has 0 amide bonds. The molecule has 1 aliphatic heterocycles. The van der Waals surface area contributed by atoms with Crippen LogP contribution in [-0.4, -0.2) is 49.3 Å². The van der Waals surface area contributed by atoms with E-state index in [9.17, 15) is 5.11 Å². The van der Waals surface area contributed by atoms with Crippen LogP contribution in [0.5, 0.6) is 0 Å². The lowest BCUT2D eigenvalue weighted by molar-refractivity contribution is -0.0526. The van der Waals surface area contributed by atoms with Crippen molar-refractivity contribution in [3.63, 3.8) is 0 Å². The first-order valence-corrected chi connectivity index (χ1v) is 3.78. The van der Waals surface area contributed by atoms with Gasteiger partial charge in [0, 0.05) is 26.2 Å². The van der Waals surface area contributed by atoms with Gasteiger partial charge in [0.2, 0.25) is 0 Å². The van der Waals surface area contributed by atoms with Crippen LogP contribution in [0, 0.1) is 0 Å². The molecule has 10 heavy (non-hydrogen) atoms. The first-order valence-electron chi connectivity index (χ1n) is 3.78. The summed E-state index contributed by atoms with van der Waals surface area (Å²) in [5.41, 5.74) is 0. The Bertz CT molecular complexity index is 97.8. The van der Waals surface area contributed by atoms with Gasteiger partial charge in [-0.3, -0.25) is 4.90 Å². The first-order chi connectivity index (χ1) is 4.70. The third-order valence-electron chi connectivity index (χ3n) is 2.05. The number of nitrogens with zero attached hydrogens (tertiary/aromatic N) is 2. The van der Waals surface area contributed by atoms with Gasteiger partial charge in [0.1, 0.15) is 6.23 Å². The van der Waals surface area contributed by atoms with Crippen molar-refractivity contribution in [1.82, 2.24) is 9.80 Å². The Morgan fingerprint density at radius 2 is 1.70 bits per heavy atom. The minimum Gasteiger partial charge on any atom is -0.304 e. The van der Waals surface area contributed by atoms with E-state index >= 15 is 0 Å². The van der Waals surface area contributed by atoms with Crippen LogP contribution in [0.1, 0.15) is 6.92 Å². The van der Waals surface area contributed by atoms with Gasteiger partial charge in [-0.05, 0) is 14.0 Å². The standard InChI is InChI=1S/C7H15N2O/c1-7(10)9-5-3-8(2)4-6-9/h7H,3-6H2,1-2H3. The van der Waals surface area contributed by atoms with Crippen LogP contribution in [0.4, 0.5) is 0 Å². The van der Waals surface area contributed by atoms with Crippen molar-refractivity contribution in [3.8, 4) is 0 Å². The molecule has 0 bridgehead atoms. The van der Waals surface area contributed by atoms with Crippen LogP contribution in [-0.2, 0) is 5.11 Å². The molecule has 0 aliphatic carbocycles. The smallest absolute Gasteiger partial charge is 0.143 e. The molecule has 59 valence electrons. The fourth-order valence-corrected chi connectivity index (χ4v) is 1.19. The van der Waals surface area contributed by atoms with Gasteiger partial charge >= 0.3 is 0 Å². The Hall–Kier alpha value is -0.120. The molecular weight excluding hydrogens is 128 g/mol. The van der Waals surface area contributed by atoms with E-state index in [1.54, 1.807) is 6.92 Å². The molecule has 1 aliphatic rings. The average molecular weight is 143 g/mol. The molecule has 1 fully saturated rings. The highest BCUT2D eigenvalue weighted by Gasteiger charge is 2.17. The van der Waals surface area contributed by atoms with Crippen LogP contribution in [0.15, 0.2) is 0 Å². The van der Waals surface area contributed by atoms with Crippen LogP contribution in [0.3, 0.4) is 0 Å². The first kappa shape index (κ1) is 7.98. The summed E-state index contributed by atoms with van der Waals surface area (Å²) in [7, 11) is 2.09. The summed E-state index contributed by atoms with van der Waals surface area (Å²) >= 11 is 0. The van der Waals surface area contributed by atoms with E-state index in [1.807, 2.05) is 4.90 Å². The predicted octanol–water partition coefficient (Wildman–Crippen LogP) is 0.0103. The molecule has 1 unspecified atom stereocenters. The van der Waals surface area contributed by atoms with Gasteiger partial charge in [0.15, 0.2) is 0 Å². The topological polar surface area (TPSA) is 26.4 Å². The molecule has 3 heteroatoms. The van der Waals surface area contributed by atoms with E-state index in [1.165, 1.54) is 0 Å². The van der Waals surface area contributed by atoms with Crippen LogP contribution < -0.4 is 0 Å². The maximum absolute atomic E-state index is 10.9. The van der Waals surface area contributed by atoms with E-state index in [-0.39, 0.29) is 0 Å². The summed E-state index contributed by atoms with van der Waals surface area (Å²) in [5, 5.41) is 10.9. The number of piperazine rings is 1. The average Bonchev–Trinajstić information content (AvgIpc) is 1.88. The van der Waals surface area contributed by atoms with E-state index in [0.29, 0.717) is 0 Å². The summed E-state index contributed by atoms with van der Waals surface area (Å²) in [6, 6.07) is 0. The minimum absolute atomic E-state index is 0.520. The highest BCUT2D eigenvalue weighted by atomic mass is 16.3. The molecule has 3 nitrogen and oxygen atoms in total. The van der Waals surface area contributed by atoms with Crippen molar-refractivity contribution >= 4 is 0 Å². The number of hydrogen-bond acceptors (Lipinski definition) is 2. The van der Waals surface area contributed by atoms with Gasteiger partial charge in [0.05, 0.1) is 0 Å². The molecule has 1 heterocycles. The maximum atomic E-state index is 10.9. The summed E-state index contributed by atoms with van der Waals surface area (Å²) in [5.74, 6) is 0. The second kappa shape index (κ2) is 3.32. The Balaban J connectivity index is 2.26. The fourth-order valence-electron chi connectivity index (χ4n) is 1.19. The second-order valence-electron chi connectivity index (χ2n) is 2.94. The van der Waals surface area contributed by atoms with E-state index in [2.05, 4.69) is 11.9 Å². The van der Waals surface area contributed by atoms with Crippen molar-refractivity contribution in [2.45, 2.75) is 13.2 Å². The van der Waals surface area contributed by atoms with Crippen molar-refractivity contribution in [2.75, 3.05) is 33.2 Å². The number of rotatable bonds is 1. The largest absolute Gasteiger partial charge is 0.304 e. The van der Waals surface area contributed by atoms with Crippen molar-refractivity contribution in [1.29, 1.82) is 0 Å². The molecule has 1 rings (SSSR count). The number of hydrogen-bond donors (Lipinski definition) is 0. The summed E-state index contributed by atoms with van der Waals surface area (Å²) in [6.07, 6.45) is -0.520. The SMILES string of the molecule is CC([O])N1CCN(C)CC1. The quantitative estimate of drug-likeness (QED) is 0.517. The van der Waals surface area contributed by atoms with Gasteiger partial charge in [-0.25, -0.2) is 5.11 Å². The zero-order valence-electron chi connectivity index (χ0n) is 6.71. The molecule has 1 radical (unpaired) electrons. The van der Waals surface area contributed by atoms with Crippen molar-refractivity contribution < 1.29 is 5.11 Å². The Labute approximate surface area is 62.2 Å². The monoisotopic (exact) mass is 143 g/mol. The van der Waals surface area contributed by atoms with Gasteiger partial charge < -0.3 is 4.90 Å². The lowest BCUT2D eigenvalue weighted by Crippen LogP contribution is -2.47. The molecule has 0 aromatic heterocycles. The fraction of sp³-hybridized carbons (Fsp3) is 1.00. The zero-order chi connectivity index (χ0) is 7.56. The highest BCUT2D eigenvalue weighted by molar-refractivity contribution is 4.68. The molecule has 0 N–H and O–H groups in total. The summed E-state index contributed by atoms with van der Waals surface area (Å²) in [4.78, 5) is 4.22. The van der Waals surface area contributed by atoms with Gasteiger partial charge in [-0.2, -0.15) is 0 Å². The molecule has 1 saturated heterocycles. The highest BCUT2D eigenvalue weighted by Crippen LogP contribution is 2.01. The van der Waals surface area contributed by atoms with E-state index in [4.69, 9.17) is 0 Å². The third-order valence-corrected chi connectivity index (χ3v) is 2.05. The number of likely N-dealkylation sites (N-methyl/N-ethyl adjacent to an activating group) is 1. The molecule has 0 aromatic carbocycles. The van der Waals surface area contributed by atoms with Gasteiger partial charge in [-0.15, -0.1) is 0 Å². The predicted molar refractivity (Wildman–Crippen MR) is 39.2 cm³/mol. The second-order valence-corrected chi connectivity index (χ2v) is 2.94. The van der Waals surface area contributed by atoms with Crippen LogP contribution in [0.25, 0.3) is 0 Å². The molecule has 0 saturated carbocycles. The summed E-state index contributed by atoms with van der Waals surface area (Å²) < 4.78 is 0. The van der Waals surface area contributed by atoms with E-state index in [0.717, 1.165) is 26.2 Å². The Morgan fingerprint density at radius 3 is 2.10 bits per heavy atom. The van der Waals surface area contributed by atoms with Crippen LogP contribution >= 0.6 is 0 Å².